The number of ether oxygens (including phenoxy) is 3. The quantitative estimate of drug-likeness (QED) is 0.375. The molecule has 2 aromatic rings. The summed E-state index contributed by atoms with van der Waals surface area (Å²) in [5, 5.41) is 3.42. The normalized spacial score (nSPS) is 12.0. The van der Waals surface area contributed by atoms with Crippen LogP contribution in [-0.4, -0.2) is 72.7 Å². The van der Waals surface area contributed by atoms with Crippen LogP contribution >= 0.6 is 0 Å². The highest BCUT2D eigenvalue weighted by atomic mass is 16.5. The molecule has 1 aromatic carbocycles. The molecule has 1 amide bonds. The summed E-state index contributed by atoms with van der Waals surface area (Å²) >= 11 is 0. The average molecular weight is 460 g/mol. The zero-order chi connectivity index (χ0) is 24.4. The second-order valence-corrected chi connectivity index (χ2v) is 6.95. The van der Waals surface area contributed by atoms with Crippen molar-refractivity contribution in [3.63, 3.8) is 0 Å². The molecule has 0 spiro atoms. The lowest BCUT2D eigenvalue weighted by Crippen LogP contribution is -2.41. The van der Waals surface area contributed by atoms with Crippen molar-refractivity contribution < 1.29 is 28.6 Å². The highest BCUT2D eigenvalue weighted by molar-refractivity contribution is 6.02. The summed E-state index contributed by atoms with van der Waals surface area (Å²) in [5.41, 5.74) is 6.63. The van der Waals surface area contributed by atoms with Gasteiger partial charge in [0, 0.05) is 30.3 Å². The Bertz CT molecular complexity index is 1030. The van der Waals surface area contributed by atoms with Crippen molar-refractivity contribution in [1.29, 1.82) is 0 Å². The standard InChI is InChI=1S/C22H29N5O6/c1-5-32-20(29)12-17(21(30)33-6-2)27(3)9-7-8-19(28)25-16-10-14-13-24-22(23)26-15(14)11-18(16)31-4/h7-8,10-11,13,17H,5-6,9,12H2,1-4H3,(H,25,28)(H2,23,24,26). The van der Waals surface area contributed by atoms with Crippen LogP contribution in [0.1, 0.15) is 20.3 Å². The zero-order valence-corrected chi connectivity index (χ0v) is 19.2. The van der Waals surface area contributed by atoms with Crippen molar-refractivity contribution in [2.45, 2.75) is 26.3 Å². The van der Waals surface area contributed by atoms with Gasteiger partial charge in [0.05, 0.1) is 37.9 Å². The molecule has 3 N–H and O–H groups in total. The minimum absolute atomic E-state index is 0.137. The minimum Gasteiger partial charge on any atom is -0.494 e. The number of nitrogens with two attached hydrogens (primary N) is 1. The molecule has 0 saturated heterocycles. The first-order valence-electron chi connectivity index (χ1n) is 10.4. The number of carbonyl (C=O) groups is 3. The molecule has 2 rings (SSSR count). The van der Waals surface area contributed by atoms with Crippen LogP contribution in [-0.2, 0) is 23.9 Å². The number of likely N-dealkylation sites (N-methyl/N-ethyl adjacent to an activating group) is 1. The van der Waals surface area contributed by atoms with Crippen molar-refractivity contribution in [3.05, 3.63) is 30.5 Å². The fraction of sp³-hybridized carbons (Fsp3) is 0.409. The summed E-state index contributed by atoms with van der Waals surface area (Å²) in [7, 11) is 3.13. The Balaban J connectivity index is 2.06. The number of rotatable bonds is 11. The largest absolute Gasteiger partial charge is 0.494 e. The van der Waals surface area contributed by atoms with Gasteiger partial charge < -0.3 is 25.3 Å². The van der Waals surface area contributed by atoms with Crippen molar-refractivity contribution in [3.8, 4) is 5.75 Å². The number of fused-ring (bicyclic) bond motifs is 1. The third-order valence-electron chi connectivity index (χ3n) is 4.60. The SMILES string of the molecule is CCOC(=O)CC(C(=O)OCC)N(C)CC=CC(=O)Nc1cc2cnc(N)nc2cc1OC. The monoisotopic (exact) mass is 459 g/mol. The van der Waals surface area contributed by atoms with Crippen LogP contribution in [0.3, 0.4) is 0 Å². The Labute approximate surface area is 191 Å². The Kier molecular flexibility index (Phi) is 9.55. The lowest BCUT2D eigenvalue weighted by Gasteiger charge is -2.24. The maximum absolute atomic E-state index is 12.4. The van der Waals surface area contributed by atoms with Gasteiger partial charge in [0.2, 0.25) is 11.9 Å². The third-order valence-corrected chi connectivity index (χ3v) is 4.60. The molecule has 0 fully saturated rings. The number of nitrogen functional groups attached to an aromatic ring is 1. The summed E-state index contributed by atoms with van der Waals surface area (Å²) in [6.45, 7) is 4.00. The van der Waals surface area contributed by atoms with Crippen molar-refractivity contribution in [2.24, 2.45) is 0 Å². The number of aromatic nitrogens is 2. The number of anilines is 2. The zero-order valence-electron chi connectivity index (χ0n) is 19.2. The summed E-state index contributed by atoms with van der Waals surface area (Å²) < 4.78 is 15.3. The van der Waals surface area contributed by atoms with Crippen molar-refractivity contribution in [2.75, 3.05) is 45.0 Å². The summed E-state index contributed by atoms with van der Waals surface area (Å²) in [6.07, 6.45) is 4.30. The number of carbonyl (C=O) groups excluding carboxylic acids is 3. The maximum Gasteiger partial charge on any atom is 0.323 e. The smallest absolute Gasteiger partial charge is 0.323 e. The van der Waals surface area contributed by atoms with E-state index in [4.69, 9.17) is 19.9 Å². The van der Waals surface area contributed by atoms with E-state index < -0.39 is 23.9 Å². The van der Waals surface area contributed by atoms with Gasteiger partial charge in [-0.2, -0.15) is 0 Å². The number of nitrogens with zero attached hydrogens (tertiary/aromatic N) is 3. The Morgan fingerprint density at radius 1 is 1.21 bits per heavy atom. The fourth-order valence-electron chi connectivity index (χ4n) is 3.00. The van der Waals surface area contributed by atoms with Gasteiger partial charge in [-0.1, -0.05) is 6.08 Å². The van der Waals surface area contributed by atoms with Gasteiger partial charge in [0.15, 0.2) is 0 Å². The fourth-order valence-corrected chi connectivity index (χ4v) is 3.00. The Morgan fingerprint density at radius 3 is 2.61 bits per heavy atom. The molecule has 0 aliphatic heterocycles. The molecule has 0 radical (unpaired) electrons. The highest BCUT2D eigenvalue weighted by Crippen LogP contribution is 2.29. The number of esters is 2. The van der Waals surface area contributed by atoms with Gasteiger partial charge in [-0.05, 0) is 27.0 Å². The van der Waals surface area contributed by atoms with Gasteiger partial charge in [0.1, 0.15) is 11.8 Å². The van der Waals surface area contributed by atoms with Crippen molar-refractivity contribution >= 4 is 40.4 Å². The van der Waals surface area contributed by atoms with E-state index >= 15 is 0 Å². The molecule has 1 unspecified atom stereocenters. The molecule has 33 heavy (non-hydrogen) atoms. The summed E-state index contributed by atoms with van der Waals surface area (Å²) in [6, 6.07) is 2.51. The molecular weight excluding hydrogens is 430 g/mol. The van der Waals surface area contributed by atoms with E-state index in [0.717, 1.165) is 0 Å². The molecule has 1 atom stereocenters. The second kappa shape index (κ2) is 12.3. The van der Waals surface area contributed by atoms with Crippen LogP contribution in [0.5, 0.6) is 5.75 Å². The molecule has 0 bridgehead atoms. The van der Waals surface area contributed by atoms with Crippen LogP contribution in [0.4, 0.5) is 11.6 Å². The van der Waals surface area contributed by atoms with E-state index in [2.05, 4.69) is 15.3 Å². The van der Waals surface area contributed by atoms with Crippen molar-refractivity contribution in [1.82, 2.24) is 14.9 Å². The van der Waals surface area contributed by atoms with Gasteiger partial charge in [-0.15, -0.1) is 0 Å². The van der Waals surface area contributed by atoms with E-state index in [0.29, 0.717) is 22.3 Å². The third kappa shape index (κ3) is 7.42. The number of hydrogen-bond donors (Lipinski definition) is 2. The average Bonchev–Trinajstić information content (AvgIpc) is 2.77. The first-order valence-corrected chi connectivity index (χ1v) is 10.4. The molecule has 11 heteroatoms. The predicted octanol–water partition coefficient (Wildman–Crippen LogP) is 1.53. The molecular formula is C22H29N5O6. The lowest BCUT2D eigenvalue weighted by molar-refractivity contribution is -0.155. The van der Waals surface area contributed by atoms with Crippen LogP contribution < -0.4 is 15.8 Å². The van der Waals surface area contributed by atoms with E-state index in [9.17, 15) is 14.4 Å². The molecule has 11 nitrogen and oxygen atoms in total. The van der Waals surface area contributed by atoms with Gasteiger partial charge in [-0.25, -0.2) is 9.97 Å². The molecule has 1 aromatic heterocycles. The molecule has 0 aliphatic rings. The molecule has 0 aliphatic carbocycles. The number of amides is 1. The molecule has 178 valence electrons. The molecule has 1 heterocycles. The summed E-state index contributed by atoms with van der Waals surface area (Å²) in [4.78, 5) is 46.2. The van der Waals surface area contributed by atoms with Crippen LogP contribution in [0.15, 0.2) is 30.5 Å². The van der Waals surface area contributed by atoms with Gasteiger partial charge in [-0.3, -0.25) is 19.3 Å². The number of methoxy groups -OCH3 is 1. The summed E-state index contributed by atoms with van der Waals surface area (Å²) in [5.74, 6) is -0.892. The van der Waals surface area contributed by atoms with Gasteiger partial charge >= 0.3 is 11.9 Å². The van der Waals surface area contributed by atoms with Crippen LogP contribution in [0, 0.1) is 0 Å². The minimum atomic E-state index is -0.829. The van der Waals surface area contributed by atoms with Crippen LogP contribution in [0.2, 0.25) is 0 Å². The van der Waals surface area contributed by atoms with E-state index in [1.807, 2.05) is 0 Å². The Morgan fingerprint density at radius 2 is 1.94 bits per heavy atom. The van der Waals surface area contributed by atoms with E-state index in [-0.39, 0.29) is 32.1 Å². The highest BCUT2D eigenvalue weighted by Gasteiger charge is 2.27. The van der Waals surface area contributed by atoms with Gasteiger partial charge in [0.25, 0.3) is 0 Å². The lowest BCUT2D eigenvalue weighted by atomic mass is 10.2. The maximum atomic E-state index is 12.4. The Hall–Kier alpha value is -3.73. The van der Waals surface area contributed by atoms with E-state index in [1.54, 1.807) is 50.2 Å². The number of nitrogens with one attached hydrogen (secondary N) is 1. The first kappa shape index (κ1) is 25.5. The van der Waals surface area contributed by atoms with Crippen LogP contribution in [0.25, 0.3) is 10.9 Å². The van der Waals surface area contributed by atoms with E-state index in [1.165, 1.54) is 13.2 Å². The first-order chi connectivity index (χ1) is 15.8. The number of benzene rings is 1. The number of hydrogen-bond acceptors (Lipinski definition) is 10. The topological polar surface area (TPSA) is 146 Å². The predicted molar refractivity (Wildman–Crippen MR) is 123 cm³/mol. The molecule has 0 saturated carbocycles. The second-order valence-electron chi connectivity index (χ2n) is 6.95.